The van der Waals surface area contributed by atoms with Crippen molar-refractivity contribution in [1.82, 2.24) is 5.32 Å². The molecule has 0 aliphatic rings. The van der Waals surface area contributed by atoms with Crippen LogP contribution in [-0.2, 0) is 4.79 Å². The van der Waals surface area contributed by atoms with E-state index >= 15 is 0 Å². The van der Waals surface area contributed by atoms with Gasteiger partial charge in [0.2, 0.25) is 0 Å². The summed E-state index contributed by atoms with van der Waals surface area (Å²) in [6, 6.07) is 8.83. The van der Waals surface area contributed by atoms with Crippen LogP contribution in [0.25, 0.3) is 0 Å². The lowest BCUT2D eigenvalue weighted by molar-refractivity contribution is -0.123. The number of ether oxygens (including phenoxy) is 1. The van der Waals surface area contributed by atoms with Gasteiger partial charge in [0.15, 0.2) is 6.61 Å². The summed E-state index contributed by atoms with van der Waals surface area (Å²) in [4.78, 5) is 11.4. The Kier molecular flexibility index (Phi) is 5.89. The SMILES string of the molecule is C/C(=N\O)c1cccc(OCC(=O)NCCC#N)c1. The average Bonchev–Trinajstić information content (AvgIpc) is 2.45. The van der Waals surface area contributed by atoms with Crippen molar-refractivity contribution >= 4 is 11.6 Å². The molecule has 0 saturated carbocycles. The summed E-state index contributed by atoms with van der Waals surface area (Å²) in [5.41, 5.74) is 1.17. The fourth-order valence-electron chi connectivity index (χ4n) is 1.33. The van der Waals surface area contributed by atoms with Crippen LogP contribution >= 0.6 is 0 Å². The lowest BCUT2D eigenvalue weighted by Crippen LogP contribution is -2.29. The van der Waals surface area contributed by atoms with Gasteiger partial charge < -0.3 is 15.3 Å². The van der Waals surface area contributed by atoms with E-state index in [1.54, 1.807) is 31.2 Å². The van der Waals surface area contributed by atoms with Crippen LogP contribution in [0.1, 0.15) is 18.9 Å². The Bertz CT molecular complexity index is 506. The van der Waals surface area contributed by atoms with Crippen molar-refractivity contribution < 1.29 is 14.7 Å². The number of oxime groups is 1. The zero-order chi connectivity index (χ0) is 14.1. The van der Waals surface area contributed by atoms with E-state index in [0.717, 1.165) is 0 Å². The van der Waals surface area contributed by atoms with Gasteiger partial charge in [0.05, 0.1) is 18.2 Å². The topological polar surface area (TPSA) is 94.7 Å². The van der Waals surface area contributed by atoms with Gasteiger partial charge in [0.25, 0.3) is 5.91 Å². The maximum absolute atomic E-state index is 11.4. The maximum atomic E-state index is 11.4. The minimum atomic E-state index is -0.284. The van der Waals surface area contributed by atoms with E-state index in [9.17, 15) is 4.79 Å². The highest BCUT2D eigenvalue weighted by atomic mass is 16.5. The standard InChI is InChI=1S/C13H15N3O3/c1-10(16-18)11-4-2-5-12(8-11)19-9-13(17)15-7-3-6-14/h2,4-5,8,18H,3,7,9H2,1H3,(H,15,17)/b16-10+. The first-order chi connectivity index (χ1) is 9.17. The molecule has 0 radical (unpaired) electrons. The normalized spacial score (nSPS) is 10.6. The zero-order valence-corrected chi connectivity index (χ0v) is 10.6. The number of carbonyl (C=O) groups is 1. The molecular formula is C13H15N3O3. The highest BCUT2D eigenvalue weighted by molar-refractivity contribution is 5.98. The molecule has 0 aliphatic heterocycles. The van der Waals surface area contributed by atoms with Gasteiger partial charge in [-0.2, -0.15) is 5.26 Å². The summed E-state index contributed by atoms with van der Waals surface area (Å²) < 4.78 is 5.30. The van der Waals surface area contributed by atoms with Gasteiger partial charge >= 0.3 is 0 Å². The van der Waals surface area contributed by atoms with Gasteiger partial charge in [-0.3, -0.25) is 4.79 Å². The summed E-state index contributed by atoms with van der Waals surface area (Å²) in [7, 11) is 0. The summed E-state index contributed by atoms with van der Waals surface area (Å²) in [6.45, 7) is 1.85. The maximum Gasteiger partial charge on any atom is 0.257 e. The van der Waals surface area contributed by atoms with Crippen LogP contribution in [0.4, 0.5) is 0 Å². The van der Waals surface area contributed by atoms with Crippen LogP contribution in [0.5, 0.6) is 5.75 Å². The molecule has 1 aromatic rings. The van der Waals surface area contributed by atoms with Crippen LogP contribution in [-0.4, -0.2) is 30.0 Å². The van der Waals surface area contributed by atoms with Gasteiger partial charge in [0.1, 0.15) is 5.75 Å². The molecule has 0 heterocycles. The molecule has 0 aliphatic carbocycles. The molecule has 1 rings (SSSR count). The van der Waals surface area contributed by atoms with E-state index in [1.165, 1.54) is 0 Å². The molecule has 1 amide bonds. The Morgan fingerprint density at radius 3 is 3.05 bits per heavy atom. The second-order valence-corrected chi connectivity index (χ2v) is 3.76. The highest BCUT2D eigenvalue weighted by Crippen LogP contribution is 2.13. The molecule has 19 heavy (non-hydrogen) atoms. The van der Waals surface area contributed by atoms with E-state index in [-0.39, 0.29) is 18.9 Å². The van der Waals surface area contributed by atoms with Crippen molar-refractivity contribution in [3.8, 4) is 11.8 Å². The number of amides is 1. The van der Waals surface area contributed by atoms with E-state index in [4.69, 9.17) is 15.2 Å². The Hall–Kier alpha value is -2.55. The fourth-order valence-corrected chi connectivity index (χ4v) is 1.33. The van der Waals surface area contributed by atoms with Crippen molar-refractivity contribution in [2.75, 3.05) is 13.2 Å². The summed E-state index contributed by atoms with van der Waals surface area (Å²) >= 11 is 0. The van der Waals surface area contributed by atoms with Gasteiger partial charge in [-0.15, -0.1) is 0 Å². The largest absolute Gasteiger partial charge is 0.484 e. The van der Waals surface area contributed by atoms with Crippen LogP contribution < -0.4 is 10.1 Å². The van der Waals surface area contributed by atoms with Crippen molar-refractivity contribution in [3.05, 3.63) is 29.8 Å². The van der Waals surface area contributed by atoms with E-state index in [0.29, 0.717) is 23.6 Å². The second kappa shape index (κ2) is 7.71. The first-order valence-corrected chi connectivity index (χ1v) is 5.73. The highest BCUT2D eigenvalue weighted by Gasteiger charge is 2.04. The van der Waals surface area contributed by atoms with E-state index in [1.807, 2.05) is 6.07 Å². The number of hydrogen-bond acceptors (Lipinski definition) is 5. The zero-order valence-electron chi connectivity index (χ0n) is 10.6. The number of nitrogens with one attached hydrogen (secondary N) is 1. The molecule has 0 atom stereocenters. The average molecular weight is 261 g/mol. The quantitative estimate of drug-likeness (QED) is 0.349. The third-order valence-electron chi connectivity index (χ3n) is 2.33. The number of rotatable bonds is 6. The van der Waals surface area contributed by atoms with Crippen LogP contribution in [0.15, 0.2) is 29.4 Å². The molecule has 6 heteroatoms. The Morgan fingerprint density at radius 1 is 1.58 bits per heavy atom. The smallest absolute Gasteiger partial charge is 0.257 e. The van der Waals surface area contributed by atoms with Gasteiger partial charge in [-0.25, -0.2) is 0 Å². The predicted molar refractivity (Wildman–Crippen MR) is 69.2 cm³/mol. The summed E-state index contributed by atoms with van der Waals surface area (Å²) in [6.07, 6.45) is 0.271. The number of nitriles is 1. The number of hydrogen-bond donors (Lipinski definition) is 2. The van der Waals surface area contributed by atoms with Crippen LogP contribution in [0, 0.1) is 11.3 Å². The molecule has 0 saturated heterocycles. The second-order valence-electron chi connectivity index (χ2n) is 3.76. The molecular weight excluding hydrogens is 246 g/mol. The Morgan fingerprint density at radius 2 is 2.37 bits per heavy atom. The Balaban J connectivity index is 2.50. The molecule has 100 valence electrons. The van der Waals surface area contributed by atoms with Crippen molar-refractivity contribution in [3.63, 3.8) is 0 Å². The first kappa shape index (κ1) is 14.5. The molecule has 0 spiro atoms. The number of nitrogens with zero attached hydrogens (tertiary/aromatic N) is 2. The van der Waals surface area contributed by atoms with Crippen molar-refractivity contribution in [2.45, 2.75) is 13.3 Å². The monoisotopic (exact) mass is 261 g/mol. The third-order valence-corrected chi connectivity index (χ3v) is 2.33. The van der Waals surface area contributed by atoms with Crippen molar-refractivity contribution in [2.24, 2.45) is 5.16 Å². The molecule has 0 unspecified atom stereocenters. The minimum absolute atomic E-state index is 0.121. The predicted octanol–water partition coefficient (Wildman–Crippen LogP) is 1.29. The lowest BCUT2D eigenvalue weighted by Gasteiger charge is -2.07. The van der Waals surface area contributed by atoms with Gasteiger partial charge in [-0.05, 0) is 19.1 Å². The number of benzene rings is 1. The molecule has 2 N–H and O–H groups in total. The van der Waals surface area contributed by atoms with E-state index in [2.05, 4.69) is 10.5 Å². The first-order valence-electron chi connectivity index (χ1n) is 5.73. The molecule has 0 bridgehead atoms. The van der Waals surface area contributed by atoms with Crippen molar-refractivity contribution in [1.29, 1.82) is 5.26 Å². The fraction of sp³-hybridized carbons (Fsp3) is 0.308. The number of carbonyl (C=O) groups excluding carboxylic acids is 1. The third kappa shape index (κ3) is 5.08. The molecule has 1 aromatic carbocycles. The molecule has 0 fully saturated rings. The van der Waals surface area contributed by atoms with E-state index < -0.39 is 0 Å². The summed E-state index contributed by atoms with van der Waals surface area (Å²) in [5, 5.41) is 22.7. The van der Waals surface area contributed by atoms with Gasteiger partial charge in [-0.1, -0.05) is 17.3 Å². The molecule has 6 nitrogen and oxygen atoms in total. The van der Waals surface area contributed by atoms with Crippen LogP contribution in [0.3, 0.4) is 0 Å². The molecule has 0 aromatic heterocycles. The lowest BCUT2D eigenvalue weighted by atomic mass is 10.1. The minimum Gasteiger partial charge on any atom is -0.484 e. The van der Waals surface area contributed by atoms with Crippen LogP contribution in [0.2, 0.25) is 0 Å². The summed E-state index contributed by atoms with van der Waals surface area (Å²) in [5.74, 6) is 0.226. The Labute approximate surface area is 111 Å². The van der Waals surface area contributed by atoms with Gasteiger partial charge in [0, 0.05) is 12.1 Å².